The van der Waals surface area contributed by atoms with Gasteiger partial charge in [0.1, 0.15) is 0 Å². The fraction of sp³-hybridized carbons (Fsp3) is 0.286. The van der Waals surface area contributed by atoms with Gasteiger partial charge in [-0.25, -0.2) is 0 Å². The second-order valence-electron chi connectivity index (χ2n) is 7.10. The van der Waals surface area contributed by atoms with E-state index in [-0.39, 0.29) is 39.2 Å². The monoisotopic (exact) mass is 504 g/mol. The normalized spacial score (nSPS) is 26.9. The summed E-state index contributed by atoms with van der Waals surface area (Å²) in [5.74, 6) is -1.12. The van der Waals surface area contributed by atoms with E-state index in [2.05, 4.69) is 37.2 Å². The maximum atomic E-state index is 12.9. The van der Waals surface area contributed by atoms with Crippen molar-refractivity contribution in [2.24, 2.45) is 11.8 Å². The van der Waals surface area contributed by atoms with E-state index in [0.717, 1.165) is 0 Å². The number of carbonyl (C=O) groups excluding carboxylic acids is 3. The van der Waals surface area contributed by atoms with Gasteiger partial charge in [-0.1, -0.05) is 50.1 Å². The number of imide groups is 1. The average molecular weight is 506 g/mol. The predicted molar refractivity (Wildman–Crippen MR) is 115 cm³/mol. The lowest BCUT2D eigenvalue weighted by Gasteiger charge is -2.29. The van der Waals surface area contributed by atoms with Crippen molar-refractivity contribution in [3.63, 3.8) is 0 Å². The van der Waals surface area contributed by atoms with Crippen molar-refractivity contribution in [3.8, 4) is 0 Å². The van der Waals surface area contributed by atoms with Crippen molar-refractivity contribution in [1.29, 1.82) is 0 Å². The van der Waals surface area contributed by atoms with Gasteiger partial charge in [-0.2, -0.15) is 0 Å². The number of hydrogen-bond donors (Lipinski definition) is 1. The van der Waals surface area contributed by atoms with Crippen LogP contribution in [0.5, 0.6) is 0 Å². The van der Waals surface area contributed by atoms with Crippen molar-refractivity contribution < 1.29 is 14.4 Å². The lowest BCUT2D eigenvalue weighted by Crippen LogP contribution is -2.34. The van der Waals surface area contributed by atoms with E-state index in [1.54, 1.807) is 24.3 Å². The predicted octanol–water partition coefficient (Wildman–Crippen LogP) is 4.37. The quantitative estimate of drug-likeness (QED) is 0.497. The Hall–Kier alpha value is -1.99. The third-order valence-electron chi connectivity index (χ3n) is 5.33. The smallest absolute Gasteiger partial charge is 0.255 e. The molecule has 28 heavy (non-hydrogen) atoms. The molecule has 0 radical (unpaired) electrons. The molecule has 0 unspecified atom stereocenters. The molecule has 0 bridgehead atoms. The highest BCUT2D eigenvalue weighted by molar-refractivity contribution is 9.12. The molecule has 2 aromatic rings. The summed E-state index contributed by atoms with van der Waals surface area (Å²) in [6, 6.07) is 15.8. The minimum absolute atomic E-state index is 0.152. The SMILES string of the molecule is O=C(Nc1ccccc1)c1ccc(N2C(=O)[C@H]3C[C@H](Br)[C@@H](Br)C[C@H]3C2=O)cc1. The summed E-state index contributed by atoms with van der Waals surface area (Å²) in [6.45, 7) is 0. The Labute approximate surface area is 179 Å². The summed E-state index contributed by atoms with van der Waals surface area (Å²) in [5.41, 5.74) is 1.68. The third-order valence-corrected chi connectivity index (χ3v) is 8.06. The van der Waals surface area contributed by atoms with E-state index in [9.17, 15) is 14.4 Å². The number of amides is 3. The number of halogens is 2. The fourth-order valence-electron chi connectivity index (χ4n) is 3.84. The van der Waals surface area contributed by atoms with Crippen molar-refractivity contribution in [2.45, 2.75) is 22.5 Å². The van der Waals surface area contributed by atoms with Gasteiger partial charge in [0.05, 0.1) is 17.5 Å². The first-order chi connectivity index (χ1) is 13.5. The van der Waals surface area contributed by atoms with E-state index >= 15 is 0 Å². The second kappa shape index (κ2) is 7.79. The van der Waals surface area contributed by atoms with Crippen LogP contribution in [0.25, 0.3) is 0 Å². The molecule has 2 fully saturated rings. The number of fused-ring (bicyclic) bond motifs is 1. The van der Waals surface area contributed by atoms with Crippen LogP contribution in [0.2, 0.25) is 0 Å². The topological polar surface area (TPSA) is 66.5 Å². The molecule has 0 aromatic heterocycles. The Kier molecular flexibility index (Phi) is 5.38. The maximum Gasteiger partial charge on any atom is 0.255 e. The van der Waals surface area contributed by atoms with Crippen LogP contribution in [0.3, 0.4) is 0 Å². The first-order valence-corrected chi connectivity index (χ1v) is 10.9. The van der Waals surface area contributed by atoms with Crippen LogP contribution in [0.15, 0.2) is 54.6 Å². The number of hydrogen-bond acceptors (Lipinski definition) is 3. The molecule has 0 spiro atoms. The van der Waals surface area contributed by atoms with Gasteiger partial charge in [0.15, 0.2) is 0 Å². The minimum atomic E-state index is -0.285. The molecular formula is C21H18Br2N2O3. The van der Waals surface area contributed by atoms with Crippen molar-refractivity contribution in [3.05, 3.63) is 60.2 Å². The van der Waals surface area contributed by atoms with Crippen LogP contribution in [0, 0.1) is 11.8 Å². The molecule has 1 N–H and O–H groups in total. The summed E-state index contributed by atoms with van der Waals surface area (Å²) in [7, 11) is 0. The first kappa shape index (κ1) is 19.3. The molecule has 3 amide bonds. The maximum absolute atomic E-state index is 12.9. The Balaban J connectivity index is 1.52. The zero-order valence-corrected chi connectivity index (χ0v) is 18.0. The van der Waals surface area contributed by atoms with Gasteiger partial charge in [-0.05, 0) is 49.2 Å². The number of nitrogens with zero attached hydrogens (tertiary/aromatic N) is 1. The largest absolute Gasteiger partial charge is 0.322 e. The van der Waals surface area contributed by atoms with Crippen LogP contribution < -0.4 is 10.2 Å². The van der Waals surface area contributed by atoms with Crippen LogP contribution in [0.1, 0.15) is 23.2 Å². The standard InChI is InChI=1S/C21H18Br2N2O3/c22-17-10-15-16(11-18(17)23)21(28)25(20(15)27)14-8-6-12(7-9-14)19(26)24-13-4-2-1-3-5-13/h1-9,15-18H,10-11H2,(H,24,26)/t15-,16+,17-,18-/m0/s1. The van der Waals surface area contributed by atoms with Crippen molar-refractivity contribution in [1.82, 2.24) is 0 Å². The number of alkyl halides is 2. The molecule has 2 aliphatic rings. The highest BCUT2D eigenvalue weighted by Gasteiger charge is 2.52. The molecule has 1 heterocycles. The minimum Gasteiger partial charge on any atom is -0.322 e. The molecule has 4 rings (SSSR count). The molecule has 4 atom stereocenters. The van der Waals surface area contributed by atoms with Crippen LogP contribution in [-0.2, 0) is 9.59 Å². The summed E-state index contributed by atoms with van der Waals surface area (Å²) in [6.07, 6.45) is 1.28. The van der Waals surface area contributed by atoms with Gasteiger partial charge >= 0.3 is 0 Å². The molecule has 7 heteroatoms. The summed E-state index contributed by atoms with van der Waals surface area (Å²) in [4.78, 5) is 39.7. The number of rotatable bonds is 3. The number of anilines is 2. The van der Waals surface area contributed by atoms with E-state index < -0.39 is 0 Å². The third kappa shape index (κ3) is 3.53. The van der Waals surface area contributed by atoms with E-state index in [1.165, 1.54) is 4.90 Å². The Bertz CT molecular complexity index is 889. The second-order valence-corrected chi connectivity index (χ2v) is 9.45. The van der Waals surface area contributed by atoms with Gasteiger partial charge in [0.2, 0.25) is 11.8 Å². The lowest BCUT2D eigenvalue weighted by atomic mass is 9.81. The van der Waals surface area contributed by atoms with Crippen LogP contribution in [-0.4, -0.2) is 27.4 Å². The molecule has 144 valence electrons. The van der Waals surface area contributed by atoms with E-state index in [1.807, 2.05) is 30.3 Å². The first-order valence-electron chi connectivity index (χ1n) is 9.08. The highest BCUT2D eigenvalue weighted by atomic mass is 79.9. The number of benzene rings is 2. The molecule has 5 nitrogen and oxygen atoms in total. The van der Waals surface area contributed by atoms with Gasteiger partial charge in [-0.3, -0.25) is 19.3 Å². The van der Waals surface area contributed by atoms with Crippen molar-refractivity contribution >= 4 is 61.0 Å². The summed E-state index contributed by atoms with van der Waals surface area (Å²) < 4.78 is 0. The van der Waals surface area contributed by atoms with E-state index in [0.29, 0.717) is 29.8 Å². The Morgan fingerprint density at radius 3 is 1.93 bits per heavy atom. The molecule has 1 aliphatic carbocycles. The zero-order chi connectivity index (χ0) is 19.8. The lowest BCUT2D eigenvalue weighted by molar-refractivity contribution is -0.122. The van der Waals surface area contributed by atoms with Gasteiger partial charge < -0.3 is 5.32 Å². The Morgan fingerprint density at radius 1 is 0.857 bits per heavy atom. The molecular weight excluding hydrogens is 488 g/mol. The number of nitrogens with one attached hydrogen (secondary N) is 1. The van der Waals surface area contributed by atoms with Crippen LogP contribution >= 0.6 is 31.9 Å². The number of carbonyl (C=O) groups is 3. The highest BCUT2D eigenvalue weighted by Crippen LogP contribution is 2.44. The zero-order valence-electron chi connectivity index (χ0n) is 14.8. The van der Waals surface area contributed by atoms with Crippen molar-refractivity contribution in [2.75, 3.05) is 10.2 Å². The molecule has 1 saturated heterocycles. The molecule has 1 saturated carbocycles. The Morgan fingerprint density at radius 2 is 1.39 bits per heavy atom. The number of para-hydroxylation sites is 1. The molecule has 1 aliphatic heterocycles. The summed E-state index contributed by atoms with van der Waals surface area (Å²) in [5, 5.41) is 2.82. The van der Waals surface area contributed by atoms with Crippen LogP contribution in [0.4, 0.5) is 11.4 Å². The summed E-state index contributed by atoms with van der Waals surface area (Å²) >= 11 is 7.19. The fourth-order valence-corrected chi connectivity index (χ4v) is 5.07. The average Bonchev–Trinajstić information content (AvgIpc) is 2.93. The van der Waals surface area contributed by atoms with E-state index in [4.69, 9.17) is 0 Å². The van der Waals surface area contributed by atoms with Gasteiger partial charge in [-0.15, -0.1) is 0 Å². The van der Waals surface area contributed by atoms with Gasteiger partial charge in [0.25, 0.3) is 5.91 Å². The van der Waals surface area contributed by atoms with Gasteiger partial charge in [0, 0.05) is 20.9 Å². The molecule has 2 aromatic carbocycles.